The van der Waals surface area contributed by atoms with Crippen molar-refractivity contribution in [2.75, 3.05) is 13.6 Å². The van der Waals surface area contributed by atoms with Crippen molar-refractivity contribution in [3.8, 4) is 0 Å². The van der Waals surface area contributed by atoms with Gasteiger partial charge < -0.3 is 10.6 Å². The molecule has 1 aromatic rings. The van der Waals surface area contributed by atoms with Crippen molar-refractivity contribution in [1.82, 2.24) is 10.6 Å². The maximum atomic E-state index is 11.2. The summed E-state index contributed by atoms with van der Waals surface area (Å²) in [6.45, 7) is 4.80. The molecule has 0 spiro atoms. The lowest BCUT2D eigenvalue weighted by Crippen LogP contribution is -2.41. The van der Waals surface area contributed by atoms with E-state index in [1.807, 2.05) is 19.1 Å². The van der Waals surface area contributed by atoms with Gasteiger partial charge in [0.25, 0.3) is 0 Å². The van der Waals surface area contributed by atoms with Gasteiger partial charge >= 0.3 is 0 Å². The molecule has 0 heterocycles. The third kappa shape index (κ3) is 3.66. The van der Waals surface area contributed by atoms with E-state index in [-0.39, 0.29) is 11.9 Å². The number of likely N-dealkylation sites (N-methyl/N-ethyl adjacent to an activating group) is 1. The summed E-state index contributed by atoms with van der Waals surface area (Å²) >= 11 is 0. The zero-order valence-corrected chi connectivity index (χ0v) is 10.2. The van der Waals surface area contributed by atoms with Crippen LogP contribution in [0.4, 0.5) is 0 Å². The number of hydrogen-bond donors (Lipinski definition) is 2. The van der Waals surface area contributed by atoms with E-state index in [4.69, 9.17) is 0 Å². The minimum Gasteiger partial charge on any atom is -0.358 e. The van der Waals surface area contributed by atoms with Gasteiger partial charge in [0.05, 0.1) is 6.04 Å². The molecule has 1 unspecified atom stereocenters. The van der Waals surface area contributed by atoms with E-state index in [2.05, 4.69) is 29.7 Å². The molecule has 1 amide bonds. The Bertz CT molecular complexity index is 350. The lowest BCUT2D eigenvalue weighted by molar-refractivity contribution is -0.122. The van der Waals surface area contributed by atoms with Gasteiger partial charge in [-0.1, -0.05) is 24.3 Å². The second-order valence-corrected chi connectivity index (χ2v) is 3.97. The first-order valence-corrected chi connectivity index (χ1v) is 5.64. The summed E-state index contributed by atoms with van der Waals surface area (Å²) in [5.41, 5.74) is 2.64. The molecule has 0 saturated carbocycles. The van der Waals surface area contributed by atoms with Gasteiger partial charge in [-0.05, 0) is 37.9 Å². The van der Waals surface area contributed by atoms with Crippen LogP contribution in [0.1, 0.15) is 18.1 Å². The molecule has 0 fully saturated rings. The van der Waals surface area contributed by atoms with E-state index < -0.39 is 0 Å². The van der Waals surface area contributed by atoms with Gasteiger partial charge in [-0.2, -0.15) is 0 Å². The minimum atomic E-state index is -0.131. The largest absolute Gasteiger partial charge is 0.358 e. The summed E-state index contributed by atoms with van der Waals surface area (Å²) in [6.07, 6.45) is 0.952. The molecule has 1 aromatic carbocycles. The van der Waals surface area contributed by atoms with Gasteiger partial charge in [-0.3, -0.25) is 4.79 Å². The molecule has 0 aromatic heterocycles. The zero-order valence-electron chi connectivity index (χ0n) is 10.2. The van der Waals surface area contributed by atoms with E-state index in [1.54, 1.807) is 7.05 Å². The SMILES string of the molecule is CNC(=O)C(C)NCCc1ccccc1C. The van der Waals surface area contributed by atoms with Crippen molar-refractivity contribution in [1.29, 1.82) is 0 Å². The Morgan fingerprint density at radius 3 is 2.69 bits per heavy atom. The summed E-state index contributed by atoms with van der Waals surface area (Å²) in [5, 5.41) is 5.82. The molecule has 0 aliphatic carbocycles. The molecular formula is C13H20N2O. The van der Waals surface area contributed by atoms with Crippen LogP contribution in [0.5, 0.6) is 0 Å². The molecule has 0 bridgehead atoms. The molecule has 3 heteroatoms. The van der Waals surface area contributed by atoms with Crippen LogP contribution in [0.25, 0.3) is 0 Å². The van der Waals surface area contributed by atoms with E-state index >= 15 is 0 Å². The van der Waals surface area contributed by atoms with Gasteiger partial charge in [-0.15, -0.1) is 0 Å². The number of hydrogen-bond acceptors (Lipinski definition) is 2. The number of nitrogens with one attached hydrogen (secondary N) is 2. The van der Waals surface area contributed by atoms with Crippen LogP contribution in [0.2, 0.25) is 0 Å². The smallest absolute Gasteiger partial charge is 0.236 e. The second kappa shape index (κ2) is 6.28. The molecule has 16 heavy (non-hydrogen) atoms. The summed E-state index contributed by atoms with van der Waals surface area (Å²) in [6, 6.07) is 8.19. The number of carbonyl (C=O) groups excluding carboxylic acids is 1. The van der Waals surface area contributed by atoms with Crippen molar-refractivity contribution in [3.63, 3.8) is 0 Å². The van der Waals surface area contributed by atoms with Gasteiger partial charge in [0.15, 0.2) is 0 Å². The first kappa shape index (κ1) is 12.7. The maximum Gasteiger partial charge on any atom is 0.236 e. The Labute approximate surface area is 97.2 Å². The molecule has 1 atom stereocenters. The Kier molecular flexibility index (Phi) is 4.99. The minimum absolute atomic E-state index is 0.0322. The molecule has 0 radical (unpaired) electrons. The van der Waals surface area contributed by atoms with Crippen LogP contribution in [0.15, 0.2) is 24.3 Å². The van der Waals surface area contributed by atoms with Crippen molar-refractivity contribution < 1.29 is 4.79 Å². The summed E-state index contributed by atoms with van der Waals surface area (Å²) in [7, 11) is 1.65. The molecule has 1 rings (SSSR count). The third-order valence-electron chi connectivity index (χ3n) is 2.75. The fraction of sp³-hybridized carbons (Fsp3) is 0.462. The topological polar surface area (TPSA) is 41.1 Å². The molecule has 0 saturated heterocycles. The number of carbonyl (C=O) groups is 1. The van der Waals surface area contributed by atoms with Crippen LogP contribution in [0, 0.1) is 6.92 Å². The van der Waals surface area contributed by atoms with Crippen LogP contribution >= 0.6 is 0 Å². The Morgan fingerprint density at radius 1 is 1.38 bits per heavy atom. The van der Waals surface area contributed by atoms with Gasteiger partial charge in [0, 0.05) is 7.05 Å². The lowest BCUT2D eigenvalue weighted by Gasteiger charge is -2.12. The predicted octanol–water partition coefficient (Wildman–Crippen LogP) is 1.26. The van der Waals surface area contributed by atoms with Crippen LogP contribution in [0.3, 0.4) is 0 Å². The Balaban J connectivity index is 2.36. The van der Waals surface area contributed by atoms with Gasteiger partial charge in [0.2, 0.25) is 5.91 Å². The quantitative estimate of drug-likeness (QED) is 0.784. The van der Waals surface area contributed by atoms with Crippen LogP contribution in [-0.4, -0.2) is 25.5 Å². The maximum absolute atomic E-state index is 11.2. The van der Waals surface area contributed by atoms with Gasteiger partial charge in [0.1, 0.15) is 0 Å². The highest BCUT2D eigenvalue weighted by molar-refractivity contribution is 5.80. The van der Waals surface area contributed by atoms with Gasteiger partial charge in [-0.25, -0.2) is 0 Å². The Hall–Kier alpha value is -1.35. The highest BCUT2D eigenvalue weighted by Gasteiger charge is 2.08. The second-order valence-electron chi connectivity index (χ2n) is 3.97. The average Bonchev–Trinajstić information content (AvgIpc) is 2.30. The van der Waals surface area contributed by atoms with Crippen LogP contribution in [-0.2, 0) is 11.2 Å². The average molecular weight is 220 g/mol. The highest BCUT2D eigenvalue weighted by atomic mass is 16.2. The number of amides is 1. The lowest BCUT2D eigenvalue weighted by atomic mass is 10.1. The van der Waals surface area contributed by atoms with Crippen molar-refractivity contribution in [2.24, 2.45) is 0 Å². The highest BCUT2D eigenvalue weighted by Crippen LogP contribution is 2.06. The molecule has 0 aliphatic heterocycles. The first-order chi connectivity index (χ1) is 7.65. The van der Waals surface area contributed by atoms with Crippen molar-refractivity contribution >= 4 is 5.91 Å². The predicted molar refractivity (Wildman–Crippen MR) is 66.4 cm³/mol. The summed E-state index contributed by atoms with van der Waals surface area (Å²) < 4.78 is 0. The normalized spacial score (nSPS) is 12.2. The monoisotopic (exact) mass is 220 g/mol. The fourth-order valence-electron chi connectivity index (χ4n) is 1.62. The first-order valence-electron chi connectivity index (χ1n) is 5.64. The molecule has 88 valence electrons. The van der Waals surface area contributed by atoms with E-state index in [0.717, 1.165) is 13.0 Å². The van der Waals surface area contributed by atoms with Crippen molar-refractivity contribution in [3.05, 3.63) is 35.4 Å². The number of benzene rings is 1. The third-order valence-corrected chi connectivity index (χ3v) is 2.75. The number of aryl methyl sites for hydroxylation is 1. The number of rotatable bonds is 5. The van der Waals surface area contributed by atoms with Crippen LogP contribution < -0.4 is 10.6 Å². The molecule has 2 N–H and O–H groups in total. The molecular weight excluding hydrogens is 200 g/mol. The zero-order chi connectivity index (χ0) is 12.0. The summed E-state index contributed by atoms with van der Waals surface area (Å²) in [4.78, 5) is 11.2. The van der Waals surface area contributed by atoms with Crippen molar-refractivity contribution in [2.45, 2.75) is 26.3 Å². The Morgan fingerprint density at radius 2 is 2.06 bits per heavy atom. The fourth-order valence-corrected chi connectivity index (χ4v) is 1.62. The van der Waals surface area contributed by atoms with E-state index in [9.17, 15) is 4.79 Å². The van der Waals surface area contributed by atoms with E-state index in [1.165, 1.54) is 11.1 Å². The van der Waals surface area contributed by atoms with E-state index in [0.29, 0.717) is 0 Å². The molecule has 3 nitrogen and oxygen atoms in total. The molecule has 0 aliphatic rings. The standard InChI is InChI=1S/C13H20N2O/c1-10-6-4-5-7-12(10)8-9-15-11(2)13(16)14-3/h4-7,11,15H,8-9H2,1-3H3,(H,14,16). The summed E-state index contributed by atoms with van der Waals surface area (Å²) in [5.74, 6) is 0.0322.